The van der Waals surface area contributed by atoms with Crippen molar-refractivity contribution in [3.05, 3.63) is 59.7 Å². The van der Waals surface area contributed by atoms with Crippen molar-refractivity contribution in [1.29, 1.82) is 0 Å². The Hall–Kier alpha value is -2.00. The zero-order valence-electron chi connectivity index (χ0n) is 11.8. The Kier molecular flexibility index (Phi) is 5.02. The first-order chi connectivity index (χ1) is 9.67. The standard InChI is InChI=1S/C17H21NO2/c1-2-15(18)10-13-6-8-17(9-7-13)20-12-14-4-3-5-16(19)11-14/h3-9,11,15,19H,2,10,12,18H2,1H3. The van der Waals surface area contributed by atoms with E-state index < -0.39 is 0 Å². The zero-order chi connectivity index (χ0) is 14.4. The number of rotatable bonds is 6. The lowest BCUT2D eigenvalue weighted by Gasteiger charge is -2.10. The fourth-order valence-corrected chi connectivity index (χ4v) is 1.98. The van der Waals surface area contributed by atoms with E-state index in [9.17, 15) is 5.11 Å². The predicted octanol–water partition coefficient (Wildman–Crippen LogP) is 3.25. The molecule has 3 heteroatoms. The Bertz CT molecular complexity index is 537. The van der Waals surface area contributed by atoms with Gasteiger partial charge in [0.1, 0.15) is 18.1 Å². The third kappa shape index (κ3) is 4.28. The van der Waals surface area contributed by atoms with Crippen LogP contribution in [0, 0.1) is 0 Å². The molecule has 0 aliphatic rings. The van der Waals surface area contributed by atoms with E-state index >= 15 is 0 Å². The van der Waals surface area contributed by atoms with Crippen molar-refractivity contribution in [3.8, 4) is 11.5 Å². The minimum Gasteiger partial charge on any atom is -0.508 e. The topological polar surface area (TPSA) is 55.5 Å². The molecule has 0 aliphatic heterocycles. The van der Waals surface area contributed by atoms with E-state index in [-0.39, 0.29) is 11.8 Å². The van der Waals surface area contributed by atoms with Crippen LogP contribution >= 0.6 is 0 Å². The maximum atomic E-state index is 9.39. The molecule has 3 nitrogen and oxygen atoms in total. The first-order valence-corrected chi connectivity index (χ1v) is 6.92. The molecule has 106 valence electrons. The molecule has 0 aliphatic carbocycles. The lowest BCUT2D eigenvalue weighted by atomic mass is 10.0. The summed E-state index contributed by atoms with van der Waals surface area (Å²) in [5.74, 6) is 1.08. The van der Waals surface area contributed by atoms with Gasteiger partial charge in [-0.15, -0.1) is 0 Å². The van der Waals surface area contributed by atoms with Crippen molar-refractivity contribution in [1.82, 2.24) is 0 Å². The number of phenolic OH excluding ortho intramolecular Hbond substituents is 1. The van der Waals surface area contributed by atoms with Crippen LogP contribution in [-0.4, -0.2) is 11.1 Å². The van der Waals surface area contributed by atoms with Crippen molar-refractivity contribution >= 4 is 0 Å². The summed E-state index contributed by atoms with van der Waals surface area (Å²) in [6.45, 7) is 2.54. The van der Waals surface area contributed by atoms with Gasteiger partial charge in [-0.2, -0.15) is 0 Å². The summed E-state index contributed by atoms with van der Waals surface area (Å²) in [6.07, 6.45) is 1.87. The van der Waals surface area contributed by atoms with Crippen LogP contribution in [0.5, 0.6) is 11.5 Å². The molecule has 3 N–H and O–H groups in total. The summed E-state index contributed by atoms with van der Waals surface area (Å²) in [7, 11) is 0. The highest BCUT2D eigenvalue weighted by molar-refractivity contribution is 5.30. The van der Waals surface area contributed by atoms with Gasteiger partial charge in [-0.05, 0) is 48.2 Å². The molecule has 0 bridgehead atoms. The van der Waals surface area contributed by atoms with Gasteiger partial charge in [0.05, 0.1) is 0 Å². The van der Waals surface area contributed by atoms with Gasteiger partial charge in [0, 0.05) is 6.04 Å². The fourth-order valence-electron chi connectivity index (χ4n) is 1.98. The highest BCUT2D eigenvalue weighted by Crippen LogP contribution is 2.17. The monoisotopic (exact) mass is 271 g/mol. The number of ether oxygens (including phenoxy) is 1. The third-order valence-corrected chi connectivity index (χ3v) is 3.26. The van der Waals surface area contributed by atoms with Crippen molar-refractivity contribution in [3.63, 3.8) is 0 Å². The van der Waals surface area contributed by atoms with Gasteiger partial charge in [0.15, 0.2) is 0 Å². The second-order valence-corrected chi connectivity index (χ2v) is 4.97. The Morgan fingerprint density at radius 1 is 1.10 bits per heavy atom. The number of aromatic hydroxyl groups is 1. The molecule has 0 aromatic heterocycles. The lowest BCUT2D eigenvalue weighted by molar-refractivity contribution is 0.305. The number of phenols is 1. The molecule has 1 atom stereocenters. The summed E-state index contributed by atoms with van der Waals surface area (Å²) in [5, 5.41) is 9.39. The second kappa shape index (κ2) is 6.96. The normalized spacial score (nSPS) is 12.1. The first-order valence-electron chi connectivity index (χ1n) is 6.92. The number of hydrogen-bond donors (Lipinski definition) is 2. The largest absolute Gasteiger partial charge is 0.508 e. The molecule has 0 fully saturated rings. The lowest BCUT2D eigenvalue weighted by Crippen LogP contribution is -2.21. The van der Waals surface area contributed by atoms with Gasteiger partial charge in [0.25, 0.3) is 0 Å². The van der Waals surface area contributed by atoms with E-state index in [0.717, 1.165) is 24.2 Å². The summed E-state index contributed by atoms with van der Waals surface area (Å²) in [5.41, 5.74) is 8.11. The average Bonchev–Trinajstić information content (AvgIpc) is 2.46. The Morgan fingerprint density at radius 3 is 2.50 bits per heavy atom. The molecule has 0 saturated carbocycles. The molecule has 0 radical (unpaired) electrons. The summed E-state index contributed by atoms with van der Waals surface area (Å²) in [6, 6.07) is 15.3. The minimum absolute atomic E-state index is 0.217. The number of hydrogen-bond acceptors (Lipinski definition) is 3. The second-order valence-electron chi connectivity index (χ2n) is 4.97. The van der Waals surface area contributed by atoms with E-state index in [4.69, 9.17) is 10.5 Å². The van der Waals surface area contributed by atoms with Crippen LogP contribution in [0.25, 0.3) is 0 Å². The SMILES string of the molecule is CCC(N)Cc1ccc(OCc2cccc(O)c2)cc1. The van der Waals surface area contributed by atoms with Gasteiger partial charge in [0.2, 0.25) is 0 Å². The molecular formula is C17H21NO2. The molecule has 0 spiro atoms. The quantitative estimate of drug-likeness (QED) is 0.848. The van der Waals surface area contributed by atoms with Crippen LogP contribution in [-0.2, 0) is 13.0 Å². The van der Waals surface area contributed by atoms with Gasteiger partial charge < -0.3 is 15.6 Å². The number of benzene rings is 2. The molecule has 1 unspecified atom stereocenters. The summed E-state index contributed by atoms with van der Waals surface area (Å²) in [4.78, 5) is 0. The van der Waals surface area contributed by atoms with E-state index in [0.29, 0.717) is 6.61 Å². The van der Waals surface area contributed by atoms with Crippen LogP contribution in [0.3, 0.4) is 0 Å². The third-order valence-electron chi connectivity index (χ3n) is 3.26. The Balaban J connectivity index is 1.90. The Labute approximate surface area is 120 Å². The van der Waals surface area contributed by atoms with E-state index in [1.54, 1.807) is 12.1 Å². The molecule has 0 amide bonds. The highest BCUT2D eigenvalue weighted by atomic mass is 16.5. The molecule has 0 heterocycles. The van der Waals surface area contributed by atoms with E-state index in [1.165, 1.54) is 5.56 Å². The van der Waals surface area contributed by atoms with Crippen molar-refractivity contribution in [2.45, 2.75) is 32.4 Å². The summed E-state index contributed by atoms with van der Waals surface area (Å²) >= 11 is 0. The number of nitrogens with two attached hydrogens (primary N) is 1. The van der Waals surface area contributed by atoms with Gasteiger partial charge in [-0.3, -0.25) is 0 Å². The molecule has 0 saturated heterocycles. The van der Waals surface area contributed by atoms with Gasteiger partial charge in [-0.1, -0.05) is 31.2 Å². The van der Waals surface area contributed by atoms with Crippen molar-refractivity contribution < 1.29 is 9.84 Å². The zero-order valence-corrected chi connectivity index (χ0v) is 11.8. The maximum Gasteiger partial charge on any atom is 0.119 e. The molecule has 2 rings (SSSR count). The van der Waals surface area contributed by atoms with Gasteiger partial charge in [-0.25, -0.2) is 0 Å². The minimum atomic E-state index is 0.217. The van der Waals surface area contributed by atoms with Gasteiger partial charge >= 0.3 is 0 Å². The molecule has 20 heavy (non-hydrogen) atoms. The fraction of sp³-hybridized carbons (Fsp3) is 0.294. The molecule has 2 aromatic carbocycles. The van der Waals surface area contributed by atoms with Crippen LogP contribution in [0.1, 0.15) is 24.5 Å². The van der Waals surface area contributed by atoms with Crippen molar-refractivity contribution in [2.24, 2.45) is 5.73 Å². The first kappa shape index (κ1) is 14.4. The predicted molar refractivity (Wildman–Crippen MR) is 80.9 cm³/mol. The molecule has 2 aromatic rings. The van der Waals surface area contributed by atoms with Crippen LogP contribution in [0.2, 0.25) is 0 Å². The van der Waals surface area contributed by atoms with Crippen LogP contribution in [0.4, 0.5) is 0 Å². The van der Waals surface area contributed by atoms with Crippen LogP contribution < -0.4 is 10.5 Å². The Morgan fingerprint density at radius 2 is 1.85 bits per heavy atom. The maximum absolute atomic E-state index is 9.39. The van der Waals surface area contributed by atoms with E-state index in [2.05, 4.69) is 6.92 Å². The van der Waals surface area contributed by atoms with E-state index in [1.807, 2.05) is 36.4 Å². The molecular weight excluding hydrogens is 250 g/mol. The highest BCUT2D eigenvalue weighted by Gasteiger charge is 2.02. The average molecular weight is 271 g/mol. The smallest absolute Gasteiger partial charge is 0.119 e. The summed E-state index contributed by atoms with van der Waals surface area (Å²) < 4.78 is 5.69. The van der Waals surface area contributed by atoms with Crippen LogP contribution in [0.15, 0.2) is 48.5 Å². The van der Waals surface area contributed by atoms with Crippen molar-refractivity contribution in [2.75, 3.05) is 0 Å².